The van der Waals surface area contributed by atoms with Crippen LogP contribution in [-0.4, -0.2) is 61.8 Å². The Morgan fingerprint density at radius 1 is 1.00 bits per heavy atom. The van der Waals surface area contributed by atoms with Gasteiger partial charge in [0.15, 0.2) is 0 Å². The van der Waals surface area contributed by atoms with Crippen molar-refractivity contribution in [2.75, 3.05) is 0 Å². The summed E-state index contributed by atoms with van der Waals surface area (Å²) < 4.78 is 0. The summed E-state index contributed by atoms with van der Waals surface area (Å²) in [7, 11) is 0. The van der Waals surface area contributed by atoms with E-state index in [0.29, 0.717) is 12.8 Å². The predicted molar refractivity (Wildman–Crippen MR) is 52.3 cm³/mol. The molecule has 0 saturated carbocycles. The second kappa shape index (κ2) is 12.2. The standard InChI is InChI=1S/2C4H9NO2.Ca/c2*1-2-3(5)4(6)7;/h2*3H,2,5H2,1H3,(H,6,7);/q;;+2/p-2. The Hall–Kier alpha value is 0.120. The van der Waals surface area contributed by atoms with Crippen LogP contribution in [0.25, 0.3) is 0 Å². The average Bonchev–Trinajstić information content (AvgIpc) is 2.15. The van der Waals surface area contributed by atoms with Crippen LogP contribution in [0.1, 0.15) is 26.7 Å². The fourth-order valence-corrected chi connectivity index (χ4v) is 0.333. The third-order valence-corrected chi connectivity index (χ3v) is 1.49. The maximum absolute atomic E-state index is 9.69. The molecule has 0 aliphatic heterocycles. The van der Waals surface area contributed by atoms with Gasteiger partial charge in [-0.2, -0.15) is 0 Å². The molecule has 84 valence electrons. The summed E-state index contributed by atoms with van der Waals surface area (Å²) >= 11 is 0. The molecule has 0 rings (SSSR count). The van der Waals surface area contributed by atoms with Gasteiger partial charge >= 0.3 is 37.7 Å². The molecule has 0 aromatic carbocycles. The Bertz CT molecular complexity index is 169. The van der Waals surface area contributed by atoms with Crippen molar-refractivity contribution >= 4 is 49.7 Å². The van der Waals surface area contributed by atoms with Crippen molar-refractivity contribution in [3.05, 3.63) is 0 Å². The molecular formula is C8H16CaN2O4. The molecule has 0 aliphatic carbocycles. The smallest absolute Gasteiger partial charge is 0.548 e. The van der Waals surface area contributed by atoms with Crippen molar-refractivity contribution < 1.29 is 19.8 Å². The van der Waals surface area contributed by atoms with Gasteiger partial charge in [-0.1, -0.05) is 13.8 Å². The Morgan fingerprint density at radius 2 is 1.20 bits per heavy atom. The van der Waals surface area contributed by atoms with E-state index in [1.807, 2.05) is 0 Å². The van der Waals surface area contributed by atoms with Crippen molar-refractivity contribution in [2.45, 2.75) is 38.8 Å². The normalized spacial score (nSPS) is 12.5. The number of nitrogens with two attached hydrogens (primary N) is 2. The van der Waals surface area contributed by atoms with Gasteiger partial charge in [-0.3, -0.25) is 0 Å². The van der Waals surface area contributed by atoms with Crippen molar-refractivity contribution in [1.29, 1.82) is 0 Å². The largest absolute Gasteiger partial charge is 2.00 e. The zero-order chi connectivity index (χ0) is 11.7. The van der Waals surface area contributed by atoms with Gasteiger partial charge in [-0.15, -0.1) is 0 Å². The van der Waals surface area contributed by atoms with Gasteiger partial charge in [0, 0.05) is 12.1 Å². The Balaban J connectivity index is -0.000000180. The van der Waals surface area contributed by atoms with E-state index in [9.17, 15) is 19.8 Å². The van der Waals surface area contributed by atoms with E-state index in [2.05, 4.69) is 0 Å². The first-order chi connectivity index (χ1) is 6.36. The number of rotatable bonds is 4. The molecule has 0 aromatic rings. The van der Waals surface area contributed by atoms with Crippen LogP contribution in [0.3, 0.4) is 0 Å². The summed E-state index contributed by atoms with van der Waals surface area (Å²) in [5, 5.41) is 19.4. The minimum absolute atomic E-state index is 0. The molecule has 7 heteroatoms. The molecule has 6 nitrogen and oxygen atoms in total. The van der Waals surface area contributed by atoms with Gasteiger partial charge in [-0.05, 0) is 12.8 Å². The minimum Gasteiger partial charge on any atom is -0.548 e. The van der Waals surface area contributed by atoms with Crippen molar-refractivity contribution in [2.24, 2.45) is 11.5 Å². The summed E-state index contributed by atoms with van der Waals surface area (Å²) in [6.07, 6.45) is 0.866. The monoisotopic (exact) mass is 244 g/mol. The van der Waals surface area contributed by atoms with E-state index >= 15 is 0 Å². The van der Waals surface area contributed by atoms with Gasteiger partial charge in [0.1, 0.15) is 0 Å². The Morgan fingerprint density at radius 3 is 1.20 bits per heavy atom. The summed E-state index contributed by atoms with van der Waals surface area (Å²) in [6.45, 7) is 3.39. The minimum atomic E-state index is -1.18. The maximum atomic E-state index is 9.69. The fraction of sp³-hybridized carbons (Fsp3) is 0.750. The second-order valence-electron chi connectivity index (χ2n) is 2.67. The molecule has 0 saturated heterocycles. The van der Waals surface area contributed by atoms with Crippen LogP contribution in [0.2, 0.25) is 0 Å². The zero-order valence-electron chi connectivity index (χ0n) is 9.06. The number of hydrogen-bond donors (Lipinski definition) is 2. The third kappa shape index (κ3) is 14.1. The molecule has 0 aliphatic rings. The molecule has 0 spiro atoms. The molecule has 2 unspecified atom stereocenters. The van der Waals surface area contributed by atoms with Crippen molar-refractivity contribution in [1.82, 2.24) is 0 Å². The number of carbonyl (C=O) groups is 2. The molecule has 0 aromatic heterocycles. The predicted octanol–water partition coefficient (Wildman–Crippen LogP) is -3.43. The number of carbonyl (C=O) groups excluding carboxylic acids is 2. The maximum Gasteiger partial charge on any atom is 2.00 e. The van der Waals surface area contributed by atoms with Crippen molar-refractivity contribution in [3.8, 4) is 0 Å². The van der Waals surface area contributed by atoms with Crippen LogP contribution in [-0.2, 0) is 9.59 Å². The quantitative estimate of drug-likeness (QED) is 0.494. The van der Waals surface area contributed by atoms with E-state index in [-0.39, 0.29) is 37.7 Å². The summed E-state index contributed by atoms with van der Waals surface area (Å²) in [4.78, 5) is 19.4. The molecule has 0 fully saturated rings. The van der Waals surface area contributed by atoms with Crippen LogP contribution in [0.15, 0.2) is 0 Å². The molecular weight excluding hydrogens is 228 g/mol. The van der Waals surface area contributed by atoms with Gasteiger partial charge in [0.2, 0.25) is 0 Å². The van der Waals surface area contributed by atoms with Gasteiger partial charge in [0.05, 0.1) is 11.9 Å². The number of aliphatic carboxylic acids is 2. The summed E-state index contributed by atoms with van der Waals surface area (Å²) in [5.74, 6) is -2.36. The van der Waals surface area contributed by atoms with E-state index in [0.717, 1.165) is 0 Å². The fourth-order valence-electron chi connectivity index (χ4n) is 0.333. The van der Waals surface area contributed by atoms with Gasteiger partial charge < -0.3 is 31.3 Å². The molecule has 2 atom stereocenters. The first kappa shape index (κ1) is 20.5. The number of hydrogen-bond acceptors (Lipinski definition) is 6. The molecule has 0 amide bonds. The van der Waals surface area contributed by atoms with Crippen LogP contribution in [0, 0.1) is 0 Å². The van der Waals surface area contributed by atoms with Crippen LogP contribution >= 0.6 is 0 Å². The first-order valence-electron chi connectivity index (χ1n) is 4.29. The van der Waals surface area contributed by atoms with Gasteiger partial charge in [-0.25, -0.2) is 0 Å². The second-order valence-corrected chi connectivity index (χ2v) is 2.67. The van der Waals surface area contributed by atoms with E-state index in [1.165, 1.54) is 0 Å². The molecule has 0 heterocycles. The summed E-state index contributed by atoms with van der Waals surface area (Å²) in [6, 6.07) is -1.58. The van der Waals surface area contributed by atoms with E-state index in [4.69, 9.17) is 11.5 Å². The third-order valence-electron chi connectivity index (χ3n) is 1.49. The summed E-state index contributed by atoms with van der Waals surface area (Å²) in [5.41, 5.74) is 9.91. The topological polar surface area (TPSA) is 132 Å². The molecule has 0 bridgehead atoms. The molecule has 4 N–H and O–H groups in total. The number of carboxylic acid groups (broad SMARTS) is 2. The van der Waals surface area contributed by atoms with E-state index in [1.54, 1.807) is 13.8 Å². The van der Waals surface area contributed by atoms with Crippen LogP contribution in [0.5, 0.6) is 0 Å². The Kier molecular flexibility index (Phi) is 16.7. The average molecular weight is 244 g/mol. The molecule has 0 radical (unpaired) electrons. The van der Waals surface area contributed by atoms with E-state index < -0.39 is 24.0 Å². The van der Waals surface area contributed by atoms with Crippen LogP contribution in [0.4, 0.5) is 0 Å². The van der Waals surface area contributed by atoms with Crippen molar-refractivity contribution in [3.63, 3.8) is 0 Å². The zero-order valence-corrected chi connectivity index (χ0v) is 11.3. The van der Waals surface area contributed by atoms with Crippen LogP contribution < -0.4 is 21.7 Å². The number of carboxylic acids is 2. The molecule has 15 heavy (non-hydrogen) atoms. The SMILES string of the molecule is CCC(N)C(=O)[O-].CCC(N)C(=O)[O-].[Ca+2]. The first-order valence-corrected chi connectivity index (χ1v) is 4.29. The van der Waals surface area contributed by atoms with Gasteiger partial charge in [0.25, 0.3) is 0 Å². The Labute approximate surface area is 119 Å².